The van der Waals surface area contributed by atoms with Crippen LogP contribution in [0.2, 0.25) is 0 Å². The Morgan fingerprint density at radius 2 is 1.42 bits per heavy atom. The molecule has 0 saturated carbocycles. The van der Waals surface area contributed by atoms with Crippen molar-refractivity contribution < 1.29 is 9.59 Å². The summed E-state index contributed by atoms with van der Waals surface area (Å²) in [5.74, 6) is -0.133. The maximum absolute atomic E-state index is 13.2. The standard InChI is InChI=1S/C26H23N3O2/c1-18(2)17-29-22-16-10-9-15-21(22)24(26(29)31)28-27-23(19-11-5-3-6-12-19)25(30)20-13-7-4-8-14-20/h3-16,18H,17H2,1-2H3/b27-23+,28-24-. The Hall–Kier alpha value is -3.86. The highest BCUT2D eigenvalue weighted by Gasteiger charge is 2.34. The summed E-state index contributed by atoms with van der Waals surface area (Å²) < 4.78 is 0. The lowest BCUT2D eigenvalue weighted by Gasteiger charge is -2.18. The molecule has 0 atom stereocenters. The third kappa shape index (κ3) is 4.21. The van der Waals surface area contributed by atoms with Crippen molar-refractivity contribution >= 4 is 28.8 Å². The molecule has 0 saturated heterocycles. The zero-order valence-electron chi connectivity index (χ0n) is 17.5. The van der Waals surface area contributed by atoms with Crippen molar-refractivity contribution in [3.63, 3.8) is 0 Å². The van der Waals surface area contributed by atoms with Crippen molar-refractivity contribution in [3.8, 4) is 0 Å². The van der Waals surface area contributed by atoms with Gasteiger partial charge in [0.15, 0.2) is 5.71 Å². The summed E-state index contributed by atoms with van der Waals surface area (Å²) in [5.41, 5.74) is 3.18. The molecule has 3 aromatic rings. The highest BCUT2D eigenvalue weighted by atomic mass is 16.2. The van der Waals surface area contributed by atoms with Crippen LogP contribution in [-0.2, 0) is 4.79 Å². The second-order valence-electron chi connectivity index (χ2n) is 7.79. The maximum atomic E-state index is 13.2. The molecule has 0 N–H and O–H groups in total. The highest BCUT2D eigenvalue weighted by Crippen LogP contribution is 2.30. The smallest absolute Gasteiger partial charge is 0.279 e. The van der Waals surface area contributed by atoms with Gasteiger partial charge in [0.05, 0.1) is 5.69 Å². The maximum Gasteiger partial charge on any atom is 0.279 e. The number of Topliss-reactive ketones (excluding diaryl/α,β-unsaturated/α-hetero) is 1. The Kier molecular flexibility index (Phi) is 5.85. The summed E-state index contributed by atoms with van der Waals surface area (Å²) in [5, 5.41) is 8.64. The molecular formula is C26H23N3O2. The number of rotatable bonds is 6. The monoisotopic (exact) mass is 409 g/mol. The summed E-state index contributed by atoms with van der Waals surface area (Å²) in [6, 6.07) is 25.7. The van der Waals surface area contributed by atoms with Crippen LogP contribution in [0.1, 0.15) is 35.3 Å². The van der Waals surface area contributed by atoms with Gasteiger partial charge >= 0.3 is 0 Å². The first-order valence-electron chi connectivity index (χ1n) is 10.3. The van der Waals surface area contributed by atoms with Gasteiger partial charge in [0.1, 0.15) is 5.71 Å². The number of anilines is 1. The molecule has 0 bridgehead atoms. The molecule has 5 nitrogen and oxygen atoms in total. The molecule has 0 aliphatic carbocycles. The number of hydrogen-bond acceptors (Lipinski definition) is 4. The van der Waals surface area contributed by atoms with Gasteiger partial charge in [0, 0.05) is 23.2 Å². The molecule has 1 aliphatic rings. The van der Waals surface area contributed by atoms with E-state index in [1.54, 1.807) is 17.0 Å². The Labute approximate surface area is 181 Å². The van der Waals surface area contributed by atoms with Crippen molar-refractivity contribution in [1.29, 1.82) is 0 Å². The first-order valence-corrected chi connectivity index (χ1v) is 10.3. The molecule has 5 heteroatoms. The lowest BCUT2D eigenvalue weighted by molar-refractivity contribution is -0.112. The predicted molar refractivity (Wildman–Crippen MR) is 124 cm³/mol. The topological polar surface area (TPSA) is 62.1 Å². The van der Waals surface area contributed by atoms with E-state index in [0.717, 1.165) is 11.3 Å². The van der Waals surface area contributed by atoms with E-state index >= 15 is 0 Å². The van der Waals surface area contributed by atoms with Gasteiger partial charge in [0.2, 0.25) is 5.78 Å². The average molecular weight is 409 g/mol. The fourth-order valence-electron chi connectivity index (χ4n) is 3.56. The summed E-state index contributed by atoms with van der Waals surface area (Å²) in [6.45, 7) is 4.72. The fraction of sp³-hybridized carbons (Fsp3) is 0.154. The molecule has 1 heterocycles. The number of benzene rings is 3. The lowest BCUT2D eigenvalue weighted by atomic mass is 10.0. The van der Waals surface area contributed by atoms with Crippen molar-refractivity contribution in [1.82, 2.24) is 0 Å². The van der Waals surface area contributed by atoms with Crippen molar-refractivity contribution in [2.45, 2.75) is 13.8 Å². The molecular weight excluding hydrogens is 386 g/mol. The summed E-state index contributed by atoms with van der Waals surface area (Å²) in [7, 11) is 0. The molecule has 0 aromatic heterocycles. The van der Waals surface area contributed by atoms with E-state index in [1.807, 2.05) is 72.8 Å². The van der Waals surface area contributed by atoms with E-state index < -0.39 is 0 Å². The minimum absolute atomic E-state index is 0.196. The number of fused-ring (bicyclic) bond motifs is 1. The van der Waals surface area contributed by atoms with Crippen molar-refractivity contribution in [3.05, 3.63) is 102 Å². The van der Waals surface area contributed by atoms with E-state index in [4.69, 9.17) is 0 Å². The molecule has 0 unspecified atom stereocenters. The van der Waals surface area contributed by atoms with Gasteiger partial charge in [0.25, 0.3) is 5.91 Å². The summed E-state index contributed by atoms with van der Waals surface area (Å²) in [6.07, 6.45) is 0. The predicted octanol–water partition coefficient (Wildman–Crippen LogP) is 4.77. The molecule has 0 fully saturated rings. The molecule has 1 aliphatic heterocycles. The largest absolute Gasteiger partial charge is 0.306 e. The molecule has 3 aromatic carbocycles. The van der Waals surface area contributed by atoms with Crippen LogP contribution in [0.5, 0.6) is 0 Å². The number of carbonyl (C=O) groups is 2. The van der Waals surface area contributed by atoms with E-state index in [2.05, 4.69) is 24.1 Å². The fourth-order valence-corrected chi connectivity index (χ4v) is 3.56. The molecule has 4 rings (SSSR count). The van der Waals surface area contributed by atoms with Gasteiger partial charge < -0.3 is 4.90 Å². The van der Waals surface area contributed by atoms with Crippen LogP contribution in [0, 0.1) is 5.92 Å². The normalized spacial score (nSPS) is 14.9. The Bertz CT molecular complexity index is 1170. The SMILES string of the molecule is CC(C)CN1C(=O)/C(=N\N=C(\C(=O)c2ccccc2)c2ccccc2)c2ccccc21. The number of hydrogen-bond donors (Lipinski definition) is 0. The van der Waals surface area contributed by atoms with Gasteiger partial charge in [-0.3, -0.25) is 9.59 Å². The quantitative estimate of drug-likeness (QED) is 0.335. The first-order chi connectivity index (χ1) is 15.1. The third-order valence-electron chi connectivity index (χ3n) is 4.99. The second-order valence-corrected chi connectivity index (χ2v) is 7.79. The number of ketones is 1. The molecule has 0 spiro atoms. The highest BCUT2D eigenvalue weighted by molar-refractivity contribution is 6.55. The first kappa shape index (κ1) is 20.4. The van der Waals surface area contributed by atoms with Crippen molar-refractivity contribution in [2.75, 3.05) is 11.4 Å². The molecule has 0 radical (unpaired) electrons. The minimum Gasteiger partial charge on any atom is -0.306 e. The number of amides is 1. The van der Waals surface area contributed by atoms with E-state index in [0.29, 0.717) is 23.6 Å². The Morgan fingerprint density at radius 1 is 0.839 bits per heavy atom. The zero-order chi connectivity index (χ0) is 21.8. The van der Waals surface area contributed by atoms with Crippen LogP contribution < -0.4 is 4.90 Å². The summed E-state index contributed by atoms with van der Waals surface area (Å²) >= 11 is 0. The summed E-state index contributed by atoms with van der Waals surface area (Å²) in [4.78, 5) is 28.1. The number of nitrogens with zero attached hydrogens (tertiary/aromatic N) is 3. The van der Waals surface area contributed by atoms with Crippen LogP contribution in [0.4, 0.5) is 5.69 Å². The van der Waals surface area contributed by atoms with Gasteiger partial charge in [-0.25, -0.2) is 0 Å². The molecule has 154 valence electrons. The van der Waals surface area contributed by atoms with Crippen LogP contribution in [0.15, 0.2) is 95.1 Å². The van der Waals surface area contributed by atoms with E-state index in [-0.39, 0.29) is 23.1 Å². The van der Waals surface area contributed by atoms with Crippen LogP contribution in [0.25, 0.3) is 0 Å². The van der Waals surface area contributed by atoms with Crippen molar-refractivity contribution in [2.24, 2.45) is 16.1 Å². The Balaban J connectivity index is 1.80. The Morgan fingerprint density at radius 3 is 2.06 bits per heavy atom. The van der Waals surface area contributed by atoms with E-state index in [1.165, 1.54) is 0 Å². The van der Waals surface area contributed by atoms with Gasteiger partial charge in [-0.1, -0.05) is 92.7 Å². The third-order valence-corrected chi connectivity index (χ3v) is 4.99. The van der Waals surface area contributed by atoms with E-state index in [9.17, 15) is 9.59 Å². The van der Waals surface area contributed by atoms with Crippen LogP contribution in [-0.4, -0.2) is 29.7 Å². The number of carbonyl (C=O) groups excluding carboxylic acids is 2. The number of para-hydroxylation sites is 1. The molecule has 1 amide bonds. The van der Waals surface area contributed by atoms with Gasteiger partial charge in [-0.15, -0.1) is 10.2 Å². The second kappa shape index (κ2) is 8.88. The zero-order valence-corrected chi connectivity index (χ0v) is 17.5. The average Bonchev–Trinajstić information content (AvgIpc) is 3.06. The lowest BCUT2D eigenvalue weighted by Crippen LogP contribution is -2.33. The van der Waals surface area contributed by atoms with Gasteiger partial charge in [-0.05, 0) is 12.0 Å². The molecule has 31 heavy (non-hydrogen) atoms. The van der Waals surface area contributed by atoms with Crippen LogP contribution in [0.3, 0.4) is 0 Å². The van der Waals surface area contributed by atoms with Crippen LogP contribution >= 0.6 is 0 Å². The minimum atomic E-state index is -0.242. The van der Waals surface area contributed by atoms with Gasteiger partial charge in [-0.2, -0.15) is 0 Å².